The fourth-order valence-electron chi connectivity index (χ4n) is 1.38. The first-order chi connectivity index (χ1) is 6.55. The molecule has 78 valence electrons. The lowest BCUT2D eigenvalue weighted by Gasteiger charge is -2.22. The van der Waals surface area contributed by atoms with Crippen LogP contribution in [0.15, 0.2) is 29.2 Å². The van der Waals surface area contributed by atoms with Gasteiger partial charge >= 0.3 is 0 Å². The third-order valence-corrected chi connectivity index (χ3v) is 3.18. The molecule has 0 aromatic heterocycles. The zero-order valence-corrected chi connectivity index (χ0v) is 10.0. The second kappa shape index (κ2) is 4.85. The normalized spacial score (nSPS) is 11.7. The summed E-state index contributed by atoms with van der Waals surface area (Å²) < 4.78 is 0. The van der Waals surface area contributed by atoms with Crippen LogP contribution >= 0.6 is 11.8 Å². The topological polar surface area (TPSA) is 26.0 Å². The molecule has 1 rings (SSSR count). The fourth-order valence-corrected chi connectivity index (χ4v) is 2.42. The SMILES string of the molecule is CC(C)(C)c1ccccc1SCCN. The first kappa shape index (κ1) is 11.6. The summed E-state index contributed by atoms with van der Waals surface area (Å²) >= 11 is 1.85. The lowest BCUT2D eigenvalue weighted by Crippen LogP contribution is -2.12. The second-order valence-electron chi connectivity index (χ2n) is 4.38. The summed E-state index contributed by atoms with van der Waals surface area (Å²) in [5.41, 5.74) is 7.15. The van der Waals surface area contributed by atoms with E-state index in [1.165, 1.54) is 10.5 Å². The Bertz CT molecular complexity index is 289. The van der Waals surface area contributed by atoms with Crippen molar-refractivity contribution in [2.45, 2.75) is 31.1 Å². The summed E-state index contributed by atoms with van der Waals surface area (Å²) in [5, 5.41) is 0. The van der Waals surface area contributed by atoms with Crippen LogP contribution in [0.25, 0.3) is 0 Å². The van der Waals surface area contributed by atoms with E-state index >= 15 is 0 Å². The molecule has 0 aliphatic carbocycles. The third-order valence-electron chi connectivity index (χ3n) is 2.07. The van der Waals surface area contributed by atoms with Crippen LogP contribution in [0.4, 0.5) is 0 Å². The molecule has 1 nitrogen and oxygen atoms in total. The van der Waals surface area contributed by atoms with Gasteiger partial charge in [0.2, 0.25) is 0 Å². The van der Waals surface area contributed by atoms with Gasteiger partial charge in [0.1, 0.15) is 0 Å². The maximum absolute atomic E-state index is 5.51. The predicted molar refractivity (Wildman–Crippen MR) is 64.9 cm³/mol. The van der Waals surface area contributed by atoms with Crippen molar-refractivity contribution < 1.29 is 0 Å². The number of hydrogen-bond acceptors (Lipinski definition) is 2. The lowest BCUT2D eigenvalue weighted by atomic mass is 9.87. The monoisotopic (exact) mass is 209 g/mol. The highest BCUT2D eigenvalue weighted by Crippen LogP contribution is 2.31. The van der Waals surface area contributed by atoms with Crippen LogP contribution in [0.3, 0.4) is 0 Å². The van der Waals surface area contributed by atoms with Gasteiger partial charge in [-0.1, -0.05) is 39.0 Å². The van der Waals surface area contributed by atoms with E-state index in [2.05, 4.69) is 45.0 Å². The summed E-state index contributed by atoms with van der Waals surface area (Å²) in [6.07, 6.45) is 0. The maximum Gasteiger partial charge on any atom is 0.0110 e. The van der Waals surface area contributed by atoms with Gasteiger partial charge < -0.3 is 5.73 Å². The van der Waals surface area contributed by atoms with Crippen LogP contribution in [0.1, 0.15) is 26.3 Å². The first-order valence-corrected chi connectivity index (χ1v) is 5.96. The summed E-state index contributed by atoms with van der Waals surface area (Å²) in [5.74, 6) is 0.993. The molecule has 0 radical (unpaired) electrons. The smallest absolute Gasteiger partial charge is 0.0110 e. The van der Waals surface area contributed by atoms with Gasteiger partial charge in [-0.05, 0) is 17.0 Å². The van der Waals surface area contributed by atoms with Crippen molar-refractivity contribution in [1.82, 2.24) is 0 Å². The van der Waals surface area contributed by atoms with Crippen molar-refractivity contribution >= 4 is 11.8 Å². The van der Waals surface area contributed by atoms with E-state index in [0.717, 1.165) is 12.3 Å². The number of thioether (sulfide) groups is 1. The minimum atomic E-state index is 0.220. The van der Waals surface area contributed by atoms with E-state index in [1.807, 2.05) is 11.8 Å². The molecule has 0 amide bonds. The Morgan fingerprint density at radius 3 is 2.43 bits per heavy atom. The Labute approximate surface area is 91.1 Å². The Hall–Kier alpha value is -0.470. The number of rotatable bonds is 3. The number of benzene rings is 1. The molecule has 2 N–H and O–H groups in total. The highest BCUT2D eigenvalue weighted by Gasteiger charge is 2.16. The van der Waals surface area contributed by atoms with Crippen molar-refractivity contribution in [1.29, 1.82) is 0 Å². The minimum absolute atomic E-state index is 0.220. The molecule has 0 aliphatic heterocycles. The minimum Gasteiger partial charge on any atom is -0.330 e. The average Bonchev–Trinajstić information content (AvgIpc) is 2.14. The molecule has 0 saturated carbocycles. The first-order valence-electron chi connectivity index (χ1n) is 4.98. The van der Waals surface area contributed by atoms with E-state index in [9.17, 15) is 0 Å². The van der Waals surface area contributed by atoms with Crippen LogP contribution in [-0.4, -0.2) is 12.3 Å². The van der Waals surface area contributed by atoms with Crippen molar-refractivity contribution in [3.05, 3.63) is 29.8 Å². The van der Waals surface area contributed by atoms with Crippen LogP contribution in [0.2, 0.25) is 0 Å². The Balaban J connectivity index is 2.92. The van der Waals surface area contributed by atoms with Crippen LogP contribution in [0.5, 0.6) is 0 Å². The summed E-state index contributed by atoms with van der Waals surface area (Å²) in [4.78, 5) is 1.37. The van der Waals surface area contributed by atoms with Gasteiger partial charge in [0, 0.05) is 17.2 Å². The van der Waals surface area contributed by atoms with Crippen LogP contribution in [-0.2, 0) is 5.41 Å². The Morgan fingerprint density at radius 2 is 1.86 bits per heavy atom. The largest absolute Gasteiger partial charge is 0.330 e. The molecular weight excluding hydrogens is 190 g/mol. The van der Waals surface area contributed by atoms with E-state index < -0.39 is 0 Å². The van der Waals surface area contributed by atoms with Gasteiger partial charge in [-0.25, -0.2) is 0 Å². The predicted octanol–water partition coefficient (Wildman–Crippen LogP) is 3.03. The zero-order valence-electron chi connectivity index (χ0n) is 9.21. The van der Waals surface area contributed by atoms with Crippen molar-refractivity contribution in [2.24, 2.45) is 5.73 Å². The van der Waals surface area contributed by atoms with Gasteiger partial charge in [-0.15, -0.1) is 11.8 Å². The number of nitrogens with two attached hydrogens (primary N) is 1. The molecule has 0 fully saturated rings. The number of hydrogen-bond donors (Lipinski definition) is 1. The molecule has 2 heteroatoms. The van der Waals surface area contributed by atoms with Gasteiger partial charge in [0.25, 0.3) is 0 Å². The van der Waals surface area contributed by atoms with E-state index in [-0.39, 0.29) is 5.41 Å². The van der Waals surface area contributed by atoms with Crippen molar-refractivity contribution in [2.75, 3.05) is 12.3 Å². The molecule has 1 aromatic carbocycles. The summed E-state index contributed by atoms with van der Waals surface area (Å²) in [6, 6.07) is 8.58. The standard InChI is InChI=1S/C12H19NS/c1-12(2,3)10-6-4-5-7-11(10)14-9-8-13/h4-7H,8-9,13H2,1-3H3. The molecule has 0 aliphatic rings. The highest BCUT2D eigenvalue weighted by molar-refractivity contribution is 7.99. The van der Waals surface area contributed by atoms with Crippen molar-refractivity contribution in [3.63, 3.8) is 0 Å². The molecule has 0 atom stereocenters. The van der Waals surface area contributed by atoms with Crippen molar-refractivity contribution in [3.8, 4) is 0 Å². The third kappa shape index (κ3) is 3.03. The molecule has 0 bridgehead atoms. The molecule has 1 aromatic rings. The molecule has 0 spiro atoms. The Kier molecular flexibility index (Phi) is 4.02. The van der Waals surface area contributed by atoms with Gasteiger partial charge in [-0.3, -0.25) is 0 Å². The molecule has 0 heterocycles. The van der Waals surface area contributed by atoms with Gasteiger partial charge in [0.05, 0.1) is 0 Å². The van der Waals surface area contributed by atoms with Gasteiger partial charge in [-0.2, -0.15) is 0 Å². The van der Waals surface area contributed by atoms with E-state index in [1.54, 1.807) is 0 Å². The average molecular weight is 209 g/mol. The van der Waals surface area contributed by atoms with E-state index in [0.29, 0.717) is 0 Å². The van der Waals surface area contributed by atoms with Crippen LogP contribution in [0, 0.1) is 0 Å². The maximum atomic E-state index is 5.51. The molecular formula is C12H19NS. The zero-order chi connectivity index (χ0) is 10.6. The molecule has 0 unspecified atom stereocenters. The van der Waals surface area contributed by atoms with Crippen LogP contribution < -0.4 is 5.73 Å². The second-order valence-corrected chi connectivity index (χ2v) is 5.52. The molecule has 14 heavy (non-hydrogen) atoms. The lowest BCUT2D eigenvalue weighted by molar-refractivity contribution is 0.578. The highest BCUT2D eigenvalue weighted by atomic mass is 32.2. The summed E-state index contributed by atoms with van der Waals surface area (Å²) in [6.45, 7) is 7.47. The Morgan fingerprint density at radius 1 is 1.21 bits per heavy atom. The van der Waals surface area contributed by atoms with Gasteiger partial charge in [0.15, 0.2) is 0 Å². The quantitative estimate of drug-likeness (QED) is 0.774. The van der Waals surface area contributed by atoms with E-state index in [4.69, 9.17) is 5.73 Å². The fraction of sp³-hybridized carbons (Fsp3) is 0.500. The summed E-state index contributed by atoms with van der Waals surface area (Å²) in [7, 11) is 0. The molecule has 0 saturated heterocycles.